The number of nitrogens with one attached hydrogen (secondary N) is 1. The molecule has 0 unspecified atom stereocenters. The molecular formula is C29H28Cl2N2O. The minimum absolute atomic E-state index is 0.418. The van der Waals surface area contributed by atoms with E-state index in [2.05, 4.69) is 52.7 Å². The molecule has 0 atom stereocenters. The van der Waals surface area contributed by atoms with Gasteiger partial charge in [-0.1, -0.05) is 71.7 Å². The van der Waals surface area contributed by atoms with E-state index < -0.39 is 0 Å². The summed E-state index contributed by atoms with van der Waals surface area (Å²) in [5.41, 5.74) is 4.20. The molecule has 1 N–H and O–H groups in total. The van der Waals surface area contributed by atoms with Gasteiger partial charge in [-0.2, -0.15) is 0 Å². The summed E-state index contributed by atoms with van der Waals surface area (Å²) in [6.45, 7) is 3.20. The van der Waals surface area contributed by atoms with Gasteiger partial charge in [-0.05, 0) is 60.4 Å². The molecule has 174 valence electrons. The van der Waals surface area contributed by atoms with Crippen LogP contribution in [0.15, 0.2) is 78.9 Å². The maximum absolute atomic E-state index is 6.68. The van der Waals surface area contributed by atoms with Crippen LogP contribution in [-0.4, -0.2) is 13.1 Å². The Kier molecular flexibility index (Phi) is 7.13. The predicted molar refractivity (Wildman–Crippen MR) is 145 cm³/mol. The van der Waals surface area contributed by atoms with Crippen LogP contribution >= 0.6 is 23.2 Å². The van der Waals surface area contributed by atoms with Gasteiger partial charge in [0.05, 0.1) is 10.7 Å². The number of nitrogens with zero attached hydrogens (tertiary/aromatic N) is 1. The van der Waals surface area contributed by atoms with Crippen molar-refractivity contribution >= 4 is 45.3 Å². The lowest BCUT2D eigenvalue weighted by Crippen LogP contribution is -2.29. The van der Waals surface area contributed by atoms with E-state index in [0.717, 1.165) is 46.4 Å². The normalized spacial score (nSPS) is 13.8. The Morgan fingerprint density at radius 2 is 1.59 bits per heavy atom. The van der Waals surface area contributed by atoms with Crippen molar-refractivity contribution in [1.29, 1.82) is 0 Å². The van der Waals surface area contributed by atoms with Gasteiger partial charge >= 0.3 is 0 Å². The third-order valence-electron chi connectivity index (χ3n) is 6.45. The average molecular weight is 491 g/mol. The summed E-state index contributed by atoms with van der Waals surface area (Å²) < 4.78 is 6.27. The van der Waals surface area contributed by atoms with Crippen LogP contribution < -0.4 is 15.0 Å². The number of hydrogen-bond donors (Lipinski definition) is 1. The molecule has 1 aliphatic heterocycles. The second kappa shape index (κ2) is 10.6. The Hall–Kier alpha value is -2.88. The summed E-state index contributed by atoms with van der Waals surface area (Å²) in [5.74, 6) is 0.849. The molecule has 0 spiro atoms. The first-order chi connectivity index (χ1) is 16.7. The van der Waals surface area contributed by atoms with E-state index in [1.165, 1.54) is 30.0 Å². The number of ether oxygens (including phenoxy) is 1. The molecule has 0 bridgehead atoms. The van der Waals surface area contributed by atoms with Gasteiger partial charge in [-0.3, -0.25) is 0 Å². The number of hydrogen-bond acceptors (Lipinski definition) is 3. The highest BCUT2D eigenvalue weighted by Crippen LogP contribution is 2.33. The number of piperidine rings is 1. The van der Waals surface area contributed by atoms with E-state index in [-0.39, 0.29) is 0 Å². The fourth-order valence-corrected chi connectivity index (χ4v) is 5.09. The summed E-state index contributed by atoms with van der Waals surface area (Å²) >= 11 is 13.0. The minimum atomic E-state index is 0.418. The van der Waals surface area contributed by atoms with E-state index in [1.807, 2.05) is 36.4 Å². The highest BCUT2D eigenvalue weighted by Gasteiger charge is 2.15. The monoisotopic (exact) mass is 490 g/mol. The molecule has 1 heterocycles. The summed E-state index contributed by atoms with van der Waals surface area (Å²) in [6, 6.07) is 26.6. The molecular weight excluding hydrogens is 463 g/mol. The van der Waals surface area contributed by atoms with Crippen LogP contribution in [0.3, 0.4) is 0 Å². The SMILES string of the molecule is Clc1ccccc1COc1ccc2ccccc2c1CNc1ccc(N2CCCCC2)c(Cl)c1. The third-order valence-corrected chi connectivity index (χ3v) is 7.12. The molecule has 5 rings (SSSR count). The zero-order valence-corrected chi connectivity index (χ0v) is 20.6. The Morgan fingerprint density at radius 3 is 2.41 bits per heavy atom. The van der Waals surface area contributed by atoms with E-state index in [0.29, 0.717) is 18.2 Å². The van der Waals surface area contributed by atoms with Gasteiger partial charge in [0.2, 0.25) is 0 Å². The molecule has 0 aliphatic carbocycles. The Bertz CT molecular complexity index is 1280. The van der Waals surface area contributed by atoms with Crippen LogP contribution in [0.25, 0.3) is 10.8 Å². The molecule has 1 fully saturated rings. The van der Waals surface area contributed by atoms with E-state index in [1.54, 1.807) is 0 Å². The molecule has 3 nitrogen and oxygen atoms in total. The van der Waals surface area contributed by atoms with Gasteiger partial charge in [-0.25, -0.2) is 0 Å². The molecule has 0 aromatic heterocycles. The standard InChI is InChI=1S/C29H28Cl2N2O/c30-26-11-5-3-9-22(26)20-34-29-15-12-21-8-2-4-10-24(21)25(29)19-32-23-13-14-28(27(31)18-23)33-16-6-1-7-17-33/h2-5,8-15,18,32H,1,6-7,16-17,19-20H2. The largest absolute Gasteiger partial charge is 0.488 e. The van der Waals surface area contributed by atoms with Crippen molar-refractivity contribution in [3.63, 3.8) is 0 Å². The second-order valence-electron chi connectivity index (χ2n) is 8.71. The quantitative estimate of drug-likeness (QED) is 0.281. The first-order valence-corrected chi connectivity index (χ1v) is 12.6. The number of fused-ring (bicyclic) bond motifs is 1. The van der Waals surface area contributed by atoms with Crippen LogP contribution in [-0.2, 0) is 13.2 Å². The summed E-state index contributed by atoms with van der Waals surface area (Å²) in [4.78, 5) is 2.39. The molecule has 1 aliphatic rings. The first-order valence-electron chi connectivity index (χ1n) is 11.8. The van der Waals surface area contributed by atoms with Crippen LogP contribution in [0, 0.1) is 0 Å². The molecule has 34 heavy (non-hydrogen) atoms. The highest BCUT2D eigenvalue weighted by atomic mass is 35.5. The first kappa shape index (κ1) is 22.9. The number of rotatable bonds is 7. The van der Waals surface area contributed by atoms with E-state index in [4.69, 9.17) is 27.9 Å². The second-order valence-corrected chi connectivity index (χ2v) is 9.53. The molecule has 0 radical (unpaired) electrons. The molecule has 0 amide bonds. The van der Waals surface area contributed by atoms with Gasteiger partial charge in [0.15, 0.2) is 0 Å². The smallest absolute Gasteiger partial charge is 0.125 e. The minimum Gasteiger partial charge on any atom is -0.488 e. The maximum atomic E-state index is 6.68. The Labute approximate surface area is 211 Å². The van der Waals surface area contributed by atoms with E-state index >= 15 is 0 Å². The van der Waals surface area contributed by atoms with Crippen molar-refractivity contribution in [2.45, 2.75) is 32.4 Å². The Balaban J connectivity index is 1.37. The molecule has 5 heteroatoms. The van der Waals surface area contributed by atoms with Gasteiger partial charge in [0.25, 0.3) is 0 Å². The van der Waals surface area contributed by atoms with Gasteiger partial charge < -0.3 is 15.0 Å². The maximum Gasteiger partial charge on any atom is 0.125 e. The Morgan fingerprint density at radius 1 is 0.794 bits per heavy atom. The lowest BCUT2D eigenvalue weighted by molar-refractivity contribution is 0.304. The number of benzene rings is 4. The fourth-order valence-electron chi connectivity index (χ4n) is 4.60. The predicted octanol–water partition coefficient (Wildman–Crippen LogP) is 8.33. The van der Waals surface area contributed by atoms with Gasteiger partial charge in [0, 0.05) is 41.5 Å². The summed E-state index contributed by atoms with van der Waals surface area (Å²) in [7, 11) is 0. The zero-order chi connectivity index (χ0) is 23.3. The van der Waals surface area contributed by atoms with Crippen molar-refractivity contribution in [3.05, 3.63) is 100 Å². The van der Waals surface area contributed by atoms with Crippen molar-refractivity contribution in [1.82, 2.24) is 0 Å². The van der Waals surface area contributed by atoms with Crippen molar-refractivity contribution in [2.75, 3.05) is 23.3 Å². The fraction of sp³-hybridized carbons (Fsp3) is 0.241. The van der Waals surface area contributed by atoms with Crippen molar-refractivity contribution < 1.29 is 4.74 Å². The molecule has 0 saturated carbocycles. The summed E-state index contributed by atoms with van der Waals surface area (Å²) in [5, 5.41) is 7.42. The molecule has 4 aromatic carbocycles. The molecule has 4 aromatic rings. The van der Waals surface area contributed by atoms with Crippen molar-refractivity contribution in [3.8, 4) is 5.75 Å². The third kappa shape index (κ3) is 5.11. The van der Waals surface area contributed by atoms with Crippen LogP contribution in [0.2, 0.25) is 10.0 Å². The average Bonchev–Trinajstić information content (AvgIpc) is 2.87. The zero-order valence-electron chi connectivity index (χ0n) is 19.1. The molecule has 1 saturated heterocycles. The van der Waals surface area contributed by atoms with Gasteiger partial charge in [-0.15, -0.1) is 0 Å². The lowest BCUT2D eigenvalue weighted by atomic mass is 10.0. The highest BCUT2D eigenvalue weighted by molar-refractivity contribution is 6.33. The van der Waals surface area contributed by atoms with Gasteiger partial charge in [0.1, 0.15) is 12.4 Å². The number of anilines is 2. The van der Waals surface area contributed by atoms with Crippen LogP contribution in [0.5, 0.6) is 5.75 Å². The number of halogens is 2. The van der Waals surface area contributed by atoms with Crippen LogP contribution in [0.4, 0.5) is 11.4 Å². The van der Waals surface area contributed by atoms with Crippen LogP contribution in [0.1, 0.15) is 30.4 Å². The summed E-state index contributed by atoms with van der Waals surface area (Å²) in [6.07, 6.45) is 3.77. The van der Waals surface area contributed by atoms with Crippen molar-refractivity contribution in [2.24, 2.45) is 0 Å². The topological polar surface area (TPSA) is 24.5 Å². The van der Waals surface area contributed by atoms with E-state index in [9.17, 15) is 0 Å². The lowest BCUT2D eigenvalue weighted by Gasteiger charge is -2.29.